The normalized spacial score (nSPS) is 10.1. The molecule has 3 heterocycles. The Kier molecular flexibility index (Phi) is 5.49. The van der Waals surface area contributed by atoms with Crippen molar-refractivity contribution in [3.8, 4) is 0 Å². The van der Waals surface area contributed by atoms with Crippen LogP contribution in [0.25, 0.3) is 0 Å². The van der Waals surface area contributed by atoms with Gasteiger partial charge in [-0.1, -0.05) is 18.2 Å². The summed E-state index contributed by atoms with van der Waals surface area (Å²) in [5.74, 6) is 0. The minimum atomic E-state index is -0.779. The van der Waals surface area contributed by atoms with Crippen molar-refractivity contribution in [1.29, 1.82) is 0 Å². The van der Waals surface area contributed by atoms with Crippen LogP contribution in [-0.4, -0.2) is 15.0 Å². The summed E-state index contributed by atoms with van der Waals surface area (Å²) < 4.78 is 0. The zero-order chi connectivity index (χ0) is 12.9. The van der Waals surface area contributed by atoms with E-state index in [4.69, 9.17) is 0 Å². The minimum absolute atomic E-state index is 0. The minimum Gasteiger partial charge on any atom is -0.256 e. The molecule has 0 aliphatic heterocycles. The molecule has 0 saturated heterocycles. The van der Waals surface area contributed by atoms with Crippen LogP contribution in [0.1, 0.15) is 0 Å². The summed E-state index contributed by atoms with van der Waals surface area (Å²) in [6, 6.07) is 17.9. The summed E-state index contributed by atoms with van der Waals surface area (Å²) in [5, 5.41) is 0. The van der Waals surface area contributed by atoms with Crippen LogP contribution in [0, 0.1) is 0 Å². The van der Waals surface area contributed by atoms with E-state index in [1.54, 1.807) is 0 Å². The molecule has 0 atom stereocenters. The Morgan fingerprint density at radius 2 is 0.900 bits per heavy atom. The van der Waals surface area contributed by atoms with Gasteiger partial charge in [0.05, 0.1) is 16.3 Å². The zero-order valence-corrected chi connectivity index (χ0v) is 13.8. The van der Waals surface area contributed by atoms with E-state index >= 15 is 0 Å². The monoisotopic (exact) mass is 458 g/mol. The van der Waals surface area contributed by atoms with Crippen molar-refractivity contribution >= 4 is 24.2 Å². The second-order valence-electron chi connectivity index (χ2n) is 3.90. The van der Waals surface area contributed by atoms with Gasteiger partial charge >= 0.3 is 0 Å². The molecule has 101 valence electrons. The maximum Gasteiger partial charge on any atom is 0.0753 e. The SMILES string of the molecule is [Ir].c1ccc(P(c2ccccn2)c2ccccn2)nc1. The fraction of sp³-hybridized carbons (Fsp3) is 0. The van der Waals surface area contributed by atoms with Gasteiger partial charge in [-0.2, -0.15) is 0 Å². The molecule has 3 aromatic rings. The quantitative estimate of drug-likeness (QED) is 0.562. The Labute approximate surface area is 132 Å². The van der Waals surface area contributed by atoms with Crippen LogP contribution in [0.4, 0.5) is 0 Å². The third-order valence-electron chi connectivity index (χ3n) is 2.64. The Bertz CT molecular complexity index is 541. The standard InChI is InChI=1S/C15H12N3P.Ir/c1-4-10-16-13(7-1)19(14-8-2-5-11-17-14)15-9-3-6-12-18-15;/h1-12H;. The van der Waals surface area contributed by atoms with Crippen molar-refractivity contribution in [1.82, 2.24) is 15.0 Å². The summed E-state index contributed by atoms with van der Waals surface area (Å²) in [6.45, 7) is 0. The van der Waals surface area contributed by atoms with Gasteiger partial charge in [0.15, 0.2) is 0 Å². The van der Waals surface area contributed by atoms with Crippen molar-refractivity contribution in [2.24, 2.45) is 0 Å². The van der Waals surface area contributed by atoms with Crippen molar-refractivity contribution in [2.75, 3.05) is 0 Å². The van der Waals surface area contributed by atoms with Gasteiger partial charge < -0.3 is 0 Å². The molecule has 0 aromatic carbocycles. The van der Waals surface area contributed by atoms with Gasteiger partial charge in [0.2, 0.25) is 0 Å². The fourth-order valence-electron chi connectivity index (χ4n) is 1.81. The molecule has 3 nitrogen and oxygen atoms in total. The van der Waals surface area contributed by atoms with E-state index in [1.165, 1.54) is 0 Å². The van der Waals surface area contributed by atoms with E-state index in [0.717, 1.165) is 16.3 Å². The van der Waals surface area contributed by atoms with Gasteiger partial charge in [0, 0.05) is 46.6 Å². The van der Waals surface area contributed by atoms with Gasteiger partial charge in [0.1, 0.15) is 0 Å². The molecule has 0 spiro atoms. The third-order valence-corrected chi connectivity index (χ3v) is 4.80. The first-order valence-corrected chi connectivity index (χ1v) is 7.32. The maximum absolute atomic E-state index is 4.48. The summed E-state index contributed by atoms with van der Waals surface area (Å²) in [5.41, 5.74) is 3.07. The van der Waals surface area contributed by atoms with Gasteiger partial charge in [-0.25, -0.2) is 0 Å². The number of pyridine rings is 3. The number of nitrogens with zero attached hydrogens (tertiary/aromatic N) is 3. The Balaban J connectivity index is 0.00000147. The van der Waals surface area contributed by atoms with Crippen LogP contribution >= 0.6 is 7.92 Å². The number of hydrogen-bond acceptors (Lipinski definition) is 3. The van der Waals surface area contributed by atoms with E-state index in [1.807, 2.05) is 73.2 Å². The first kappa shape index (κ1) is 14.9. The Morgan fingerprint density at radius 1 is 0.550 bits per heavy atom. The first-order valence-electron chi connectivity index (χ1n) is 5.98. The van der Waals surface area contributed by atoms with Crippen LogP contribution in [0.2, 0.25) is 0 Å². The summed E-state index contributed by atoms with van der Waals surface area (Å²) in [4.78, 5) is 13.4. The molecular formula is C15H12IrN3P. The third kappa shape index (κ3) is 3.34. The predicted octanol–water partition coefficient (Wildman–Crippen LogP) is 1.63. The van der Waals surface area contributed by atoms with Gasteiger partial charge in [-0.05, 0) is 36.4 Å². The number of hydrogen-bond donors (Lipinski definition) is 0. The average molecular weight is 457 g/mol. The van der Waals surface area contributed by atoms with E-state index in [0.29, 0.717) is 0 Å². The molecule has 0 fully saturated rings. The summed E-state index contributed by atoms with van der Waals surface area (Å²) in [6.07, 6.45) is 5.45. The van der Waals surface area contributed by atoms with E-state index in [2.05, 4.69) is 15.0 Å². The average Bonchev–Trinajstić information content (AvgIpc) is 2.51. The van der Waals surface area contributed by atoms with Crippen molar-refractivity contribution in [3.63, 3.8) is 0 Å². The molecule has 0 amide bonds. The first-order chi connectivity index (χ1) is 9.45. The number of rotatable bonds is 3. The summed E-state index contributed by atoms with van der Waals surface area (Å²) >= 11 is 0. The summed E-state index contributed by atoms with van der Waals surface area (Å²) in [7, 11) is -0.779. The van der Waals surface area contributed by atoms with Crippen molar-refractivity contribution < 1.29 is 20.1 Å². The second kappa shape index (κ2) is 7.35. The van der Waals surface area contributed by atoms with Gasteiger partial charge in [-0.3, -0.25) is 15.0 Å². The predicted molar refractivity (Wildman–Crippen MR) is 78.5 cm³/mol. The van der Waals surface area contributed by atoms with E-state index < -0.39 is 7.92 Å². The molecular weight excluding hydrogens is 445 g/mol. The fourth-order valence-corrected chi connectivity index (χ4v) is 3.77. The van der Waals surface area contributed by atoms with Gasteiger partial charge in [0.25, 0.3) is 0 Å². The zero-order valence-electron chi connectivity index (χ0n) is 10.6. The van der Waals surface area contributed by atoms with Crippen LogP contribution < -0.4 is 16.3 Å². The van der Waals surface area contributed by atoms with E-state index in [9.17, 15) is 0 Å². The molecule has 0 N–H and O–H groups in total. The molecule has 1 radical (unpaired) electrons. The van der Waals surface area contributed by atoms with Crippen LogP contribution in [0.3, 0.4) is 0 Å². The molecule has 0 unspecified atom stereocenters. The topological polar surface area (TPSA) is 38.7 Å². The molecule has 3 rings (SSSR count). The smallest absolute Gasteiger partial charge is 0.0753 e. The van der Waals surface area contributed by atoms with Crippen molar-refractivity contribution in [3.05, 3.63) is 73.2 Å². The maximum atomic E-state index is 4.48. The van der Waals surface area contributed by atoms with Gasteiger partial charge in [-0.15, -0.1) is 0 Å². The molecule has 5 heteroatoms. The molecule has 0 saturated carbocycles. The molecule has 0 aliphatic rings. The molecule has 0 aliphatic carbocycles. The molecule has 3 aromatic heterocycles. The van der Waals surface area contributed by atoms with E-state index in [-0.39, 0.29) is 20.1 Å². The Morgan fingerprint density at radius 3 is 1.15 bits per heavy atom. The largest absolute Gasteiger partial charge is 0.256 e. The number of aromatic nitrogens is 3. The second-order valence-corrected chi connectivity index (χ2v) is 5.94. The van der Waals surface area contributed by atoms with Crippen LogP contribution in [0.15, 0.2) is 73.2 Å². The van der Waals surface area contributed by atoms with Crippen molar-refractivity contribution in [2.45, 2.75) is 0 Å². The van der Waals surface area contributed by atoms with Crippen LogP contribution in [0.5, 0.6) is 0 Å². The molecule has 0 bridgehead atoms. The Hall–Kier alpha value is -1.47. The van der Waals surface area contributed by atoms with Crippen LogP contribution in [-0.2, 0) is 20.1 Å². The molecule has 20 heavy (non-hydrogen) atoms.